The molecule has 0 aliphatic carbocycles. The molecule has 134 valence electrons. The Labute approximate surface area is 153 Å². The van der Waals surface area contributed by atoms with E-state index >= 15 is 0 Å². The fraction of sp³-hybridized carbons (Fsp3) is 0.450. The van der Waals surface area contributed by atoms with Gasteiger partial charge in [-0.1, -0.05) is 0 Å². The maximum absolute atomic E-state index is 12.3. The zero-order chi connectivity index (χ0) is 18.7. The lowest BCUT2D eigenvalue weighted by Gasteiger charge is -2.22. The van der Waals surface area contributed by atoms with E-state index in [1.807, 2.05) is 32.0 Å². The predicted molar refractivity (Wildman–Crippen MR) is 99.2 cm³/mol. The summed E-state index contributed by atoms with van der Waals surface area (Å²) in [7, 11) is 0. The molecule has 1 aromatic heterocycles. The summed E-state index contributed by atoms with van der Waals surface area (Å²) in [6, 6.07) is 12.0. The number of rotatable bonds is 5. The smallest absolute Gasteiger partial charge is 0.237 e. The lowest BCUT2D eigenvalue weighted by molar-refractivity contribution is -0.130. The molecule has 1 saturated heterocycles. The van der Waals surface area contributed by atoms with Crippen molar-refractivity contribution < 1.29 is 4.79 Å². The first kappa shape index (κ1) is 18.0. The van der Waals surface area contributed by atoms with Gasteiger partial charge in [0.25, 0.3) is 0 Å². The Morgan fingerprint density at radius 2 is 2.19 bits per heavy atom. The van der Waals surface area contributed by atoms with Crippen LogP contribution in [0, 0.1) is 29.6 Å². The highest BCUT2D eigenvalue weighted by Crippen LogP contribution is 2.21. The number of aromatic nitrogens is 1. The van der Waals surface area contributed by atoms with Crippen LogP contribution in [-0.2, 0) is 11.3 Å². The van der Waals surface area contributed by atoms with Crippen LogP contribution in [0.4, 0.5) is 0 Å². The predicted octanol–water partition coefficient (Wildman–Crippen LogP) is 2.31. The van der Waals surface area contributed by atoms with Gasteiger partial charge in [0.1, 0.15) is 6.04 Å². The molecule has 26 heavy (non-hydrogen) atoms. The molecule has 2 aromatic rings. The summed E-state index contributed by atoms with van der Waals surface area (Å²) in [5.74, 6) is -0.00588. The Bertz CT molecular complexity index is 901. The van der Waals surface area contributed by atoms with Crippen LogP contribution >= 0.6 is 0 Å². The molecule has 3 rings (SSSR count). The van der Waals surface area contributed by atoms with Gasteiger partial charge in [-0.3, -0.25) is 4.79 Å². The second kappa shape index (κ2) is 7.59. The molecule has 6 nitrogen and oxygen atoms in total. The zero-order valence-corrected chi connectivity index (χ0v) is 15.2. The van der Waals surface area contributed by atoms with E-state index in [0.29, 0.717) is 12.1 Å². The first-order valence-corrected chi connectivity index (χ1v) is 8.96. The number of nitrogens with one attached hydrogen (secondary N) is 1. The molecule has 0 bridgehead atoms. The highest BCUT2D eigenvalue weighted by molar-refractivity contribution is 5.83. The van der Waals surface area contributed by atoms with Gasteiger partial charge in [0, 0.05) is 35.7 Å². The minimum absolute atomic E-state index is 0.00588. The fourth-order valence-electron chi connectivity index (χ4n) is 3.62. The molecule has 1 N–H and O–H groups in total. The highest BCUT2D eigenvalue weighted by Gasteiger charge is 2.28. The van der Waals surface area contributed by atoms with E-state index in [2.05, 4.69) is 28.1 Å². The van der Waals surface area contributed by atoms with Crippen molar-refractivity contribution in [2.24, 2.45) is 0 Å². The Kier molecular flexibility index (Phi) is 5.25. The number of hydrogen-bond acceptors (Lipinski definition) is 4. The molecule has 0 radical (unpaired) electrons. The number of amides is 1. The molecule has 0 spiro atoms. The summed E-state index contributed by atoms with van der Waals surface area (Å²) in [5, 5.41) is 22.5. The Balaban J connectivity index is 1.63. The molecular weight excluding hydrogens is 326 g/mol. The molecule has 1 aliphatic heterocycles. The van der Waals surface area contributed by atoms with Crippen LogP contribution in [-0.4, -0.2) is 40.5 Å². The molecule has 2 heterocycles. The molecule has 1 amide bonds. The van der Waals surface area contributed by atoms with Crippen LogP contribution in [0.3, 0.4) is 0 Å². The van der Waals surface area contributed by atoms with E-state index in [1.165, 1.54) is 0 Å². The number of nitriles is 2. The second-order valence-corrected chi connectivity index (χ2v) is 6.94. The van der Waals surface area contributed by atoms with Gasteiger partial charge >= 0.3 is 0 Å². The molecule has 0 saturated carbocycles. The number of benzene rings is 1. The molecule has 1 fully saturated rings. The Morgan fingerprint density at radius 3 is 2.92 bits per heavy atom. The zero-order valence-electron chi connectivity index (χ0n) is 15.2. The van der Waals surface area contributed by atoms with Gasteiger partial charge < -0.3 is 14.8 Å². The maximum atomic E-state index is 12.3. The van der Waals surface area contributed by atoms with Crippen molar-refractivity contribution in [3.8, 4) is 12.1 Å². The quantitative estimate of drug-likeness (QED) is 0.898. The molecular formula is C20H23N5O. The molecule has 6 heteroatoms. The van der Waals surface area contributed by atoms with Crippen LogP contribution in [0.1, 0.15) is 31.0 Å². The number of carbonyl (C=O) groups excluding carboxylic acids is 1. The number of fused-ring (bicyclic) bond motifs is 1. The van der Waals surface area contributed by atoms with Crippen molar-refractivity contribution in [2.45, 2.75) is 45.3 Å². The van der Waals surface area contributed by atoms with Crippen LogP contribution < -0.4 is 5.32 Å². The van der Waals surface area contributed by atoms with Gasteiger partial charge in [-0.15, -0.1) is 0 Å². The average molecular weight is 349 g/mol. The number of aryl methyl sites for hydroxylation is 1. The average Bonchev–Trinajstić information content (AvgIpc) is 3.23. The van der Waals surface area contributed by atoms with E-state index in [9.17, 15) is 4.79 Å². The SMILES string of the molecule is Cc1cc2cc(C#N)ccc2n1CC(C)NCC(=O)N1CCC[C@H]1C#N. The first-order valence-electron chi connectivity index (χ1n) is 8.96. The van der Waals surface area contributed by atoms with Crippen molar-refractivity contribution in [1.29, 1.82) is 10.5 Å². The van der Waals surface area contributed by atoms with Gasteiger partial charge in [-0.2, -0.15) is 10.5 Å². The van der Waals surface area contributed by atoms with Crippen molar-refractivity contribution in [1.82, 2.24) is 14.8 Å². The third-order valence-electron chi connectivity index (χ3n) is 5.02. The third kappa shape index (κ3) is 3.56. The van der Waals surface area contributed by atoms with Gasteiger partial charge in [0.05, 0.1) is 24.2 Å². The van der Waals surface area contributed by atoms with E-state index in [1.54, 1.807) is 4.90 Å². The lowest BCUT2D eigenvalue weighted by atomic mass is 10.2. The number of carbonyl (C=O) groups is 1. The maximum Gasteiger partial charge on any atom is 0.237 e. The lowest BCUT2D eigenvalue weighted by Crippen LogP contribution is -2.43. The van der Waals surface area contributed by atoms with Crippen LogP contribution in [0.25, 0.3) is 10.9 Å². The molecule has 1 aromatic carbocycles. The minimum atomic E-state index is -0.274. The van der Waals surface area contributed by atoms with Gasteiger partial charge in [-0.05, 0) is 51.0 Å². The molecule has 1 aliphatic rings. The van der Waals surface area contributed by atoms with Crippen molar-refractivity contribution in [3.63, 3.8) is 0 Å². The van der Waals surface area contributed by atoms with E-state index in [0.717, 1.165) is 36.0 Å². The standard InChI is InChI=1S/C20H23N5O/c1-14(23-12-20(26)24-7-3-4-18(24)11-22)13-25-15(2)8-17-9-16(10-21)5-6-19(17)25/h5-6,8-9,14,18,23H,3-4,7,12-13H2,1-2H3/t14?,18-/m0/s1. The summed E-state index contributed by atoms with van der Waals surface area (Å²) in [6.45, 7) is 5.75. The summed E-state index contributed by atoms with van der Waals surface area (Å²) in [5.41, 5.74) is 2.87. The summed E-state index contributed by atoms with van der Waals surface area (Å²) >= 11 is 0. The van der Waals surface area contributed by atoms with E-state index < -0.39 is 0 Å². The Hall–Kier alpha value is -2.83. The van der Waals surface area contributed by atoms with Crippen molar-refractivity contribution in [2.75, 3.05) is 13.1 Å². The van der Waals surface area contributed by atoms with Crippen molar-refractivity contribution in [3.05, 3.63) is 35.5 Å². The minimum Gasteiger partial charge on any atom is -0.343 e. The van der Waals surface area contributed by atoms with Crippen LogP contribution in [0.15, 0.2) is 24.3 Å². The van der Waals surface area contributed by atoms with E-state index in [4.69, 9.17) is 10.5 Å². The number of hydrogen-bond donors (Lipinski definition) is 1. The molecule has 1 unspecified atom stereocenters. The topological polar surface area (TPSA) is 84.8 Å². The van der Waals surface area contributed by atoms with Crippen LogP contribution in [0.5, 0.6) is 0 Å². The normalized spacial score (nSPS) is 17.8. The Morgan fingerprint density at radius 1 is 1.38 bits per heavy atom. The second-order valence-electron chi connectivity index (χ2n) is 6.94. The van der Waals surface area contributed by atoms with E-state index in [-0.39, 0.29) is 24.5 Å². The van der Waals surface area contributed by atoms with Crippen LogP contribution in [0.2, 0.25) is 0 Å². The summed E-state index contributed by atoms with van der Waals surface area (Å²) in [6.07, 6.45) is 1.68. The highest BCUT2D eigenvalue weighted by atomic mass is 16.2. The summed E-state index contributed by atoms with van der Waals surface area (Å²) < 4.78 is 2.20. The number of likely N-dealkylation sites (tertiary alicyclic amines) is 1. The largest absolute Gasteiger partial charge is 0.343 e. The van der Waals surface area contributed by atoms with Gasteiger partial charge in [0.15, 0.2) is 0 Å². The van der Waals surface area contributed by atoms with Gasteiger partial charge in [-0.25, -0.2) is 0 Å². The van der Waals surface area contributed by atoms with Gasteiger partial charge in [0.2, 0.25) is 5.91 Å². The number of nitrogens with zero attached hydrogens (tertiary/aromatic N) is 4. The third-order valence-corrected chi connectivity index (χ3v) is 5.02. The first-order chi connectivity index (χ1) is 12.5. The molecule has 2 atom stereocenters. The van der Waals surface area contributed by atoms with Crippen molar-refractivity contribution >= 4 is 16.8 Å². The fourth-order valence-corrected chi connectivity index (χ4v) is 3.62. The summed E-state index contributed by atoms with van der Waals surface area (Å²) in [4.78, 5) is 14.0. The monoisotopic (exact) mass is 349 g/mol.